The highest BCUT2D eigenvalue weighted by atomic mass is 32.2. The number of aromatic carboxylic acids is 1. The third kappa shape index (κ3) is 4.40. The number of sulfonamides is 1. The van der Waals surface area contributed by atoms with Gasteiger partial charge < -0.3 is 15.3 Å². The molecule has 0 unspecified atom stereocenters. The maximum Gasteiger partial charge on any atom is 0.335 e. The van der Waals surface area contributed by atoms with E-state index in [1.807, 2.05) is 0 Å². The van der Waals surface area contributed by atoms with Crippen LogP contribution < -0.4 is 4.72 Å². The molecule has 144 valence electrons. The average Bonchev–Trinajstić information content (AvgIpc) is 2.62. The van der Waals surface area contributed by atoms with E-state index in [1.165, 1.54) is 36.4 Å². The summed E-state index contributed by atoms with van der Waals surface area (Å²) in [6.07, 6.45) is 2.67. The van der Waals surface area contributed by atoms with Crippen LogP contribution in [0.15, 0.2) is 47.4 Å². The van der Waals surface area contributed by atoms with Crippen LogP contribution in [0.5, 0.6) is 11.5 Å². The topological polar surface area (TPSA) is 124 Å². The van der Waals surface area contributed by atoms with Crippen molar-refractivity contribution >= 4 is 16.0 Å². The zero-order valence-corrected chi connectivity index (χ0v) is 15.3. The smallest absolute Gasteiger partial charge is 0.335 e. The van der Waals surface area contributed by atoms with Crippen molar-refractivity contribution in [2.45, 2.75) is 42.5 Å². The van der Waals surface area contributed by atoms with E-state index in [1.54, 1.807) is 6.07 Å². The van der Waals surface area contributed by atoms with Crippen molar-refractivity contribution in [1.82, 2.24) is 4.72 Å². The predicted molar refractivity (Wildman–Crippen MR) is 98.5 cm³/mol. The second kappa shape index (κ2) is 7.58. The lowest BCUT2D eigenvalue weighted by molar-refractivity contribution is 0.0696. The second-order valence-corrected chi connectivity index (χ2v) is 8.46. The SMILES string of the molecule is O=C(O)c1ccc(S(=O)(=O)NC2CCC(c3ccc(O)cc3O)CC2)cc1. The zero-order chi connectivity index (χ0) is 19.6. The van der Waals surface area contributed by atoms with Crippen LogP contribution in [0.4, 0.5) is 0 Å². The van der Waals surface area contributed by atoms with Gasteiger partial charge in [0.15, 0.2) is 0 Å². The maximum atomic E-state index is 12.5. The Hall–Kier alpha value is -2.58. The number of nitrogens with one attached hydrogen (secondary N) is 1. The fourth-order valence-electron chi connectivity index (χ4n) is 3.46. The van der Waals surface area contributed by atoms with E-state index in [4.69, 9.17) is 5.11 Å². The third-order valence-corrected chi connectivity index (χ3v) is 6.45. The number of carboxylic acids is 1. The van der Waals surface area contributed by atoms with Crippen LogP contribution in [-0.4, -0.2) is 35.7 Å². The molecule has 1 aliphatic carbocycles. The first-order chi connectivity index (χ1) is 12.8. The minimum Gasteiger partial charge on any atom is -0.508 e. The van der Waals surface area contributed by atoms with E-state index < -0.39 is 16.0 Å². The van der Waals surface area contributed by atoms with Crippen LogP contribution in [0.25, 0.3) is 0 Å². The summed E-state index contributed by atoms with van der Waals surface area (Å²) in [5, 5.41) is 28.3. The molecular formula is C19H21NO6S. The number of hydrogen-bond acceptors (Lipinski definition) is 5. The number of hydrogen-bond donors (Lipinski definition) is 4. The lowest BCUT2D eigenvalue weighted by Crippen LogP contribution is -2.37. The van der Waals surface area contributed by atoms with Gasteiger partial charge in [0.1, 0.15) is 11.5 Å². The van der Waals surface area contributed by atoms with Crippen molar-refractivity contribution in [3.63, 3.8) is 0 Å². The van der Waals surface area contributed by atoms with Crippen molar-refractivity contribution < 1.29 is 28.5 Å². The molecule has 3 rings (SSSR count). The van der Waals surface area contributed by atoms with Crippen molar-refractivity contribution in [2.24, 2.45) is 0 Å². The standard InChI is InChI=1S/C19H21NO6S/c21-15-7-10-17(18(22)11-15)12-1-5-14(6-2-12)20-27(25,26)16-8-3-13(4-9-16)19(23)24/h3-4,7-12,14,20-22H,1-2,5-6H2,(H,23,24). The molecule has 0 bridgehead atoms. The molecule has 0 aliphatic heterocycles. The van der Waals surface area contributed by atoms with E-state index >= 15 is 0 Å². The molecular weight excluding hydrogens is 370 g/mol. The van der Waals surface area contributed by atoms with Gasteiger partial charge in [-0.3, -0.25) is 0 Å². The van der Waals surface area contributed by atoms with E-state index in [0.717, 1.165) is 5.56 Å². The molecule has 27 heavy (non-hydrogen) atoms. The average molecular weight is 391 g/mol. The van der Waals surface area contributed by atoms with Gasteiger partial charge in [-0.1, -0.05) is 6.07 Å². The Bertz CT molecular complexity index is 931. The normalized spacial score (nSPS) is 20.3. The summed E-state index contributed by atoms with van der Waals surface area (Å²) >= 11 is 0. The molecule has 2 aromatic carbocycles. The molecule has 0 heterocycles. The highest BCUT2D eigenvalue weighted by Crippen LogP contribution is 2.38. The predicted octanol–water partition coefficient (Wildman–Crippen LogP) is 2.80. The Morgan fingerprint density at radius 3 is 2.15 bits per heavy atom. The van der Waals surface area contributed by atoms with Gasteiger partial charge >= 0.3 is 5.97 Å². The molecule has 2 aromatic rings. The molecule has 8 heteroatoms. The number of rotatable bonds is 5. The first-order valence-corrected chi connectivity index (χ1v) is 10.1. The van der Waals surface area contributed by atoms with Gasteiger partial charge in [-0.15, -0.1) is 0 Å². The summed E-state index contributed by atoms with van der Waals surface area (Å²) in [5.74, 6) is -0.937. The Balaban J connectivity index is 1.63. The lowest BCUT2D eigenvalue weighted by Gasteiger charge is -2.29. The van der Waals surface area contributed by atoms with E-state index in [0.29, 0.717) is 25.7 Å². The number of carboxylic acid groups (broad SMARTS) is 1. The summed E-state index contributed by atoms with van der Waals surface area (Å²) in [4.78, 5) is 10.9. The minimum absolute atomic E-state index is 0.00612. The first kappa shape index (κ1) is 19.2. The highest BCUT2D eigenvalue weighted by Gasteiger charge is 2.27. The van der Waals surface area contributed by atoms with Crippen LogP contribution in [0.2, 0.25) is 0 Å². The summed E-state index contributed by atoms with van der Waals surface area (Å²) in [7, 11) is -3.72. The second-order valence-electron chi connectivity index (χ2n) is 6.74. The molecule has 0 atom stereocenters. The quantitative estimate of drug-likeness (QED) is 0.621. The van der Waals surface area contributed by atoms with Crippen molar-refractivity contribution in [3.05, 3.63) is 53.6 Å². The third-order valence-electron chi connectivity index (χ3n) is 4.91. The van der Waals surface area contributed by atoms with Crippen LogP contribution in [0.1, 0.15) is 47.5 Å². The molecule has 0 aromatic heterocycles. The van der Waals surface area contributed by atoms with Gasteiger partial charge in [0.05, 0.1) is 10.5 Å². The molecule has 0 spiro atoms. The van der Waals surface area contributed by atoms with Gasteiger partial charge in [0.25, 0.3) is 0 Å². The Morgan fingerprint density at radius 2 is 1.59 bits per heavy atom. The fourth-order valence-corrected chi connectivity index (χ4v) is 4.77. The van der Waals surface area contributed by atoms with Gasteiger partial charge in [0, 0.05) is 12.1 Å². The lowest BCUT2D eigenvalue weighted by atomic mass is 9.81. The fraction of sp³-hybridized carbons (Fsp3) is 0.316. The molecule has 0 saturated heterocycles. The summed E-state index contributed by atoms with van der Waals surface area (Å²) in [5.41, 5.74) is 0.793. The zero-order valence-electron chi connectivity index (χ0n) is 14.5. The van der Waals surface area contributed by atoms with Crippen LogP contribution in [0, 0.1) is 0 Å². The maximum absolute atomic E-state index is 12.5. The first-order valence-electron chi connectivity index (χ1n) is 8.64. The molecule has 7 nitrogen and oxygen atoms in total. The number of benzene rings is 2. The van der Waals surface area contributed by atoms with E-state index in [-0.39, 0.29) is 33.9 Å². The van der Waals surface area contributed by atoms with Gasteiger partial charge in [-0.05, 0) is 67.5 Å². The van der Waals surface area contributed by atoms with Gasteiger partial charge in [0.2, 0.25) is 10.0 Å². The van der Waals surface area contributed by atoms with Crippen molar-refractivity contribution in [1.29, 1.82) is 0 Å². The van der Waals surface area contributed by atoms with Crippen LogP contribution >= 0.6 is 0 Å². The Morgan fingerprint density at radius 1 is 0.963 bits per heavy atom. The van der Waals surface area contributed by atoms with E-state index in [2.05, 4.69) is 4.72 Å². The number of carbonyl (C=O) groups is 1. The number of aromatic hydroxyl groups is 2. The molecule has 0 amide bonds. The number of phenols is 2. The molecule has 4 N–H and O–H groups in total. The van der Waals surface area contributed by atoms with Gasteiger partial charge in [-0.25, -0.2) is 17.9 Å². The van der Waals surface area contributed by atoms with Crippen molar-refractivity contribution in [2.75, 3.05) is 0 Å². The summed E-state index contributed by atoms with van der Waals surface area (Å²) in [6, 6.07) is 9.42. The highest BCUT2D eigenvalue weighted by molar-refractivity contribution is 7.89. The Labute approximate surface area is 157 Å². The van der Waals surface area contributed by atoms with Gasteiger partial charge in [-0.2, -0.15) is 0 Å². The molecule has 1 aliphatic rings. The number of phenolic OH excluding ortho intramolecular Hbond substituents is 2. The summed E-state index contributed by atoms with van der Waals surface area (Å²) < 4.78 is 27.7. The monoisotopic (exact) mass is 391 g/mol. The minimum atomic E-state index is -3.72. The molecule has 1 saturated carbocycles. The largest absolute Gasteiger partial charge is 0.508 e. The van der Waals surface area contributed by atoms with E-state index in [9.17, 15) is 23.4 Å². The van der Waals surface area contributed by atoms with Crippen LogP contribution in [-0.2, 0) is 10.0 Å². The summed E-state index contributed by atoms with van der Waals surface area (Å²) in [6.45, 7) is 0. The molecule has 1 fully saturated rings. The van der Waals surface area contributed by atoms with Crippen molar-refractivity contribution in [3.8, 4) is 11.5 Å². The molecule has 0 radical (unpaired) electrons. The Kier molecular flexibility index (Phi) is 5.38. The van der Waals surface area contributed by atoms with Crippen LogP contribution in [0.3, 0.4) is 0 Å².